The van der Waals surface area contributed by atoms with Gasteiger partial charge in [0.25, 0.3) is 0 Å². The summed E-state index contributed by atoms with van der Waals surface area (Å²) in [5, 5.41) is 27.3. The number of nitrogens with two attached hydrogens (primary N) is 1. The van der Waals surface area contributed by atoms with Gasteiger partial charge in [-0.3, -0.25) is 0 Å². The van der Waals surface area contributed by atoms with Crippen LogP contribution >= 0.6 is 0 Å². The summed E-state index contributed by atoms with van der Waals surface area (Å²) in [6.07, 6.45) is 2.14. The van der Waals surface area contributed by atoms with E-state index in [-0.39, 0.29) is 26.4 Å². The van der Waals surface area contributed by atoms with Gasteiger partial charge in [0, 0.05) is 47.9 Å². The van der Waals surface area contributed by atoms with Crippen molar-refractivity contribution in [3.05, 3.63) is 35.8 Å². The third kappa shape index (κ3) is 4.59. The third-order valence-corrected chi connectivity index (χ3v) is 3.56. The number of allylic oxidation sites excluding steroid dienone is 1. The van der Waals surface area contributed by atoms with Crippen molar-refractivity contribution >= 4 is 22.8 Å². The van der Waals surface area contributed by atoms with Crippen molar-refractivity contribution in [2.24, 2.45) is 4.99 Å². The lowest BCUT2D eigenvalue weighted by molar-refractivity contribution is 0.281. The van der Waals surface area contributed by atoms with Crippen LogP contribution in [-0.4, -0.2) is 60.6 Å². The topological polar surface area (TPSA) is 112 Å². The van der Waals surface area contributed by atoms with Crippen LogP contribution in [0.15, 0.2) is 35.2 Å². The molecule has 0 saturated heterocycles. The Labute approximate surface area is 141 Å². The first kappa shape index (κ1) is 18.0. The fourth-order valence-electron chi connectivity index (χ4n) is 2.50. The molecule has 0 unspecified atom stereocenters. The highest BCUT2D eigenvalue weighted by Gasteiger charge is 2.20. The van der Waals surface area contributed by atoms with Gasteiger partial charge in [0.2, 0.25) is 0 Å². The van der Waals surface area contributed by atoms with Gasteiger partial charge in [-0.25, -0.2) is 4.99 Å². The molecule has 1 heterocycles. The van der Waals surface area contributed by atoms with Gasteiger partial charge >= 0.3 is 0 Å². The van der Waals surface area contributed by atoms with Gasteiger partial charge < -0.3 is 30.7 Å². The van der Waals surface area contributed by atoms with Gasteiger partial charge in [0.05, 0.1) is 32.6 Å². The molecule has 0 aliphatic carbocycles. The Kier molecular flexibility index (Phi) is 6.84. The second-order valence-corrected chi connectivity index (χ2v) is 5.29. The van der Waals surface area contributed by atoms with Gasteiger partial charge in [-0.15, -0.1) is 0 Å². The van der Waals surface area contributed by atoms with E-state index in [2.05, 4.69) is 10.9 Å². The van der Waals surface area contributed by atoms with Gasteiger partial charge in [-0.05, 0) is 18.2 Å². The minimum Gasteiger partial charge on any atom is -0.459 e. The molecule has 24 heavy (non-hydrogen) atoms. The van der Waals surface area contributed by atoms with E-state index in [9.17, 15) is 10.2 Å². The maximum absolute atomic E-state index is 9.26. The summed E-state index contributed by atoms with van der Waals surface area (Å²) >= 11 is 0. The van der Waals surface area contributed by atoms with E-state index in [1.54, 1.807) is 12.3 Å². The number of aliphatic hydroxyl groups is 3. The molecule has 0 spiro atoms. The number of ether oxygens (including phenoxy) is 1. The maximum atomic E-state index is 9.26. The maximum Gasteiger partial charge on any atom is 0.168 e. The first-order chi connectivity index (χ1) is 11.7. The average molecular weight is 333 g/mol. The Morgan fingerprint density at radius 1 is 1.17 bits per heavy atom. The van der Waals surface area contributed by atoms with Crippen molar-refractivity contribution in [3.8, 4) is 0 Å². The molecule has 0 bridgehead atoms. The van der Waals surface area contributed by atoms with Crippen molar-refractivity contribution in [1.82, 2.24) is 0 Å². The highest BCUT2D eigenvalue weighted by atomic mass is 16.5. The molecule has 0 fully saturated rings. The zero-order valence-corrected chi connectivity index (χ0v) is 13.5. The Bertz CT molecular complexity index is 645. The summed E-state index contributed by atoms with van der Waals surface area (Å²) in [5.41, 5.74) is 9.21. The molecular formula is C17H23N3O4. The van der Waals surface area contributed by atoms with Crippen molar-refractivity contribution in [2.75, 3.05) is 50.1 Å². The summed E-state index contributed by atoms with van der Waals surface area (Å²) in [7, 11) is 0. The van der Waals surface area contributed by atoms with E-state index in [0.717, 1.165) is 16.8 Å². The predicted octanol–water partition coefficient (Wildman–Crippen LogP) is 0.367. The number of anilines is 2. The molecule has 2 rings (SSSR count). The van der Waals surface area contributed by atoms with Gasteiger partial charge in [0.1, 0.15) is 0 Å². The quantitative estimate of drug-likeness (QED) is 0.404. The second-order valence-electron chi connectivity index (χ2n) is 5.29. The van der Waals surface area contributed by atoms with Crippen molar-refractivity contribution in [3.63, 3.8) is 0 Å². The normalized spacial score (nSPS) is 13.3. The molecule has 1 aromatic rings. The summed E-state index contributed by atoms with van der Waals surface area (Å²) in [6.45, 7) is 1.04. The lowest BCUT2D eigenvalue weighted by Gasteiger charge is -2.26. The lowest BCUT2D eigenvalue weighted by Crippen LogP contribution is -2.30. The van der Waals surface area contributed by atoms with Crippen LogP contribution in [0.25, 0.3) is 5.57 Å². The standard InChI is InChI=1S/C17H23N3O4/c18-14-1-2-17(20(4-7-22)5-8-23)16(10-14)13-9-15(24-12-13)11-19-3-6-21/h1-2,10,12,21-23H,3-9,18H2. The zero-order valence-electron chi connectivity index (χ0n) is 13.5. The van der Waals surface area contributed by atoms with E-state index in [1.165, 1.54) is 0 Å². The van der Waals surface area contributed by atoms with E-state index in [0.29, 0.717) is 31.0 Å². The van der Waals surface area contributed by atoms with Crippen molar-refractivity contribution < 1.29 is 20.1 Å². The molecule has 5 N–H and O–H groups in total. The van der Waals surface area contributed by atoms with E-state index in [1.807, 2.05) is 17.0 Å². The number of aliphatic hydroxyl groups excluding tert-OH is 3. The van der Waals surface area contributed by atoms with Crippen LogP contribution in [0.4, 0.5) is 11.4 Å². The summed E-state index contributed by atoms with van der Waals surface area (Å²) in [6, 6.07) is 5.51. The highest BCUT2D eigenvalue weighted by molar-refractivity contribution is 5.82. The van der Waals surface area contributed by atoms with Crippen molar-refractivity contribution in [2.45, 2.75) is 6.42 Å². The fraction of sp³-hybridized carbons (Fsp3) is 0.412. The summed E-state index contributed by atoms with van der Waals surface area (Å²) in [5.74, 6) is 3.35. The number of benzene rings is 1. The average Bonchev–Trinajstić information content (AvgIpc) is 3.04. The molecule has 1 aliphatic heterocycles. The third-order valence-electron chi connectivity index (χ3n) is 3.56. The lowest BCUT2D eigenvalue weighted by atomic mass is 10.0. The molecule has 1 aromatic carbocycles. The molecule has 0 atom stereocenters. The van der Waals surface area contributed by atoms with Crippen LogP contribution in [0.1, 0.15) is 12.0 Å². The van der Waals surface area contributed by atoms with Gasteiger partial charge in [-0.1, -0.05) is 0 Å². The Morgan fingerprint density at radius 3 is 2.58 bits per heavy atom. The second kappa shape index (κ2) is 9.10. The predicted molar refractivity (Wildman–Crippen MR) is 93.8 cm³/mol. The van der Waals surface area contributed by atoms with E-state index >= 15 is 0 Å². The molecule has 130 valence electrons. The largest absolute Gasteiger partial charge is 0.459 e. The number of nitrogens with zero attached hydrogens (tertiary/aromatic N) is 2. The molecule has 0 amide bonds. The monoisotopic (exact) mass is 333 g/mol. The van der Waals surface area contributed by atoms with Crippen LogP contribution in [0.3, 0.4) is 0 Å². The van der Waals surface area contributed by atoms with Crippen LogP contribution in [0.2, 0.25) is 0 Å². The SMILES string of the molecule is Nc1ccc(N(CCO)CCO)c(C2=COC(=C=NCCO)C2)c1. The van der Waals surface area contributed by atoms with Crippen LogP contribution in [0.5, 0.6) is 0 Å². The van der Waals surface area contributed by atoms with E-state index < -0.39 is 0 Å². The molecule has 1 aliphatic rings. The molecule has 7 heteroatoms. The number of nitrogen functional groups attached to an aromatic ring is 1. The number of hydrogen-bond donors (Lipinski definition) is 4. The first-order valence-corrected chi connectivity index (χ1v) is 7.81. The number of aliphatic imine (C=N–C) groups is 1. The molecule has 7 nitrogen and oxygen atoms in total. The highest BCUT2D eigenvalue weighted by Crippen LogP contribution is 2.36. The minimum atomic E-state index is -0.0305. The molecule has 0 aromatic heterocycles. The summed E-state index contributed by atoms with van der Waals surface area (Å²) < 4.78 is 5.47. The Hall–Kier alpha value is -2.31. The number of rotatable bonds is 8. The van der Waals surface area contributed by atoms with E-state index in [4.69, 9.17) is 15.6 Å². The first-order valence-electron chi connectivity index (χ1n) is 7.81. The van der Waals surface area contributed by atoms with Crippen LogP contribution < -0.4 is 10.6 Å². The van der Waals surface area contributed by atoms with Crippen LogP contribution in [0, 0.1) is 0 Å². The minimum absolute atomic E-state index is 0.0155. The zero-order chi connectivity index (χ0) is 17.4. The van der Waals surface area contributed by atoms with Gasteiger partial charge in [-0.2, -0.15) is 0 Å². The van der Waals surface area contributed by atoms with Crippen molar-refractivity contribution in [1.29, 1.82) is 0 Å². The van der Waals surface area contributed by atoms with Gasteiger partial charge in [0.15, 0.2) is 5.76 Å². The smallest absolute Gasteiger partial charge is 0.168 e. The summed E-state index contributed by atoms with van der Waals surface area (Å²) in [4.78, 5) is 5.84. The van der Waals surface area contributed by atoms with Crippen LogP contribution in [-0.2, 0) is 4.74 Å². The molecule has 0 radical (unpaired) electrons. The fourth-order valence-corrected chi connectivity index (χ4v) is 2.50. The molecule has 0 saturated carbocycles. The molecular weight excluding hydrogens is 310 g/mol. The number of hydrogen-bond acceptors (Lipinski definition) is 7. The Morgan fingerprint density at radius 2 is 1.92 bits per heavy atom. The Balaban J connectivity index is 2.30.